The lowest BCUT2D eigenvalue weighted by molar-refractivity contribution is 0.670. The van der Waals surface area contributed by atoms with Gasteiger partial charge in [0.25, 0.3) is 0 Å². The first-order valence-corrected chi connectivity index (χ1v) is 26.4. The minimum absolute atomic E-state index is 0.942. The van der Waals surface area contributed by atoms with Crippen LogP contribution in [0.2, 0.25) is 26.2 Å². The van der Waals surface area contributed by atoms with Crippen molar-refractivity contribution in [2.24, 2.45) is 0 Å². The normalized spacial score (nSPS) is 14.8. The second kappa shape index (κ2) is 11.1. The summed E-state index contributed by atoms with van der Waals surface area (Å²) in [7, 11) is -4.66. The largest absolute Gasteiger partial charge is 0.455 e. The molecule has 2 aromatic heterocycles. The Kier molecular flexibility index (Phi) is 6.26. The molecule has 2 aliphatic heterocycles. The summed E-state index contributed by atoms with van der Waals surface area (Å²) in [5, 5.41) is 16.0. The third-order valence-electron chi connectivity index (χ3n) is 13.8. The van der Waals surface area contributed by atoms with E-state index < -0.39 is 16.1 Å². The number of para-hydroxylation sites is 2. The summed E-state index contributed by atoms with van der Waals surface area (Å²) in [6.07, 6.45) is 0. The summed E-state index contributed by atoms with van der Waals surface area (Å²) >= 11 is 0. The van der Waals surface area contributed by atoms with Crippen molar-refractivity contribution in [3.8, 4) is 44.5 Å². The molecule has 0 unspecified atom stereocenters. The maximum Gasteiger partial charge on any atom is 0.143 e. The molecular weight excluding hydrogens is 737 g/mol. The van der Waals surface area contributed by atoms with Gasteiger partial charge in [-0.05, 0) is 87.8 Å². The number of furan rings is 2. The third kappa shape index (κ3) is 4.01. The number of fused-ring (bicyclic) bond motifs is 17. The van der Waals surface area contributed by atoms with Crippen molar-refractivity contribution in [1.29, 1.82) is 0 Å². The van der Waals surface area contributed by atoms with Gasteiger partial charge in [0.05, 0.1) is 0 Å². The van der Waals surface area contributed by atoms with E-state index in [4.69, 9.17) is 8.83 Å². The summed E-state index contributed by atoms with van der Waals surface area (Å²) in [6.45, 7) is 10.4. The zero-order valence-electron chi connectivity index (χ0n) is 32.8. The number of rotatable bonds is 2. The van der Waals surface area contributed by atoms with Gasteiger partial charge < -0.3 is 8.83 Å². The predicted octanol–water partition coefficient (Wildman–Crippen LogP) is 12.7. The molecule has 9 aromatic carbocycles. The summed E-state index contributed by atoms with van der Waals surface area (Å²) < 4.78 is 14.0. The fourth-order valence-electron chi connectivity index (χ4n) is 11.3. The molecule has 0 saturated heterocycles. The van der Waals surface area contributed by atoms with Gasteiger partial charge in [-0.2, -0.15) is 0 Å². The Bertz CT molecular complexity index is 3630. The first-order chi connectivity index (χ1) is 28.3. The van der Waals surface area contributed by atoms with Crippen LogP contribution in [0, 0.1) is 0 Å². The first-order valence-electron chi connectivity index (χ1n) is 20.4. The van der Waals surface area contributed by atoms with Gasteiger partial charge in [-0.15, -0.1) is 0 Å². The van der Waals surface area contributed by atoms with E-state index in [-0.39, 0.29) is 0 Å². The molecule has 0 atom stereocenters. The van der Waals surface area contributed by atoms with E-state index in [0.717, 1.165) is 22.3 Å². The SMILES string of the molecule is C[Si]1(C)c2cc(-c3cccc4ccccc34)c3c(oc4ccccc43)c2-c2ccc3c(c21)[Si](C)(C)c1cc(-c2cccc4ccccc24)c2oc4ccccc4c2c1-3. The van der Waals surface area contributed by atoms with Crippen LogP contribution in [0.1, 0.15) is 0 Å². The summed E-state index contributed by atoms with van der Waals surface area (Å²) in [6, 6.07) is 58.3. The van der Waals surface area contributed by atoms with E-state index in [1.54, 1.807) is 10.4 Å². The lowest BCUT2D eigenvalue weighted by atomic mass is 9.90. The van der Waals surface area contributed by atoms with Crippen LogP contribution >= 0.6 is 0 Å². The minimum Gasteiger partial charge on any atom is -0.455 e. The van der Waals surface area contributed by atoms with E-state index in [1.807, 2.05) is 0 Å². The van der Waals surface area contributed by atoms with Crippen molar-refractivity contribution in [3.63, 3.8) is 0 Å². The molecule has 11 aromatic rings. The summed E-state index contributed by atoms with van der Waals surface area (Å²) in [5.74, 6) is 0. The molecule has 0 amide bonds. The van der Waals surface area contributed by atoms with Crippen LogP contribution in [-0.4, -0.2) is 16.1 Å². The fraction of sp³-hybridized carbons (Fsp3) is 0.0741. The van der Waals surface area contributed by atoms with Crippen LogP contribution in [0.4, 0.5) is 0 Å². The quantitative estimate of drug-likeness (QED) is 0.164. The van der Waals surface area contributed by atoms with Gasteiger partial charge in [0.1, 0.15) is 38.5 Å². The zero-order chi connectivity index (χ0) is 38.7. The smallest absolute Gasteiger partial charge is 0.143 e. The highest BCUT2D eigenvalue weighted by Crippen LogP contribution is 2.49. The van der Waals surface area contributed by atoms with Crippen molar-refractivity contribution >= 4 is 102 Å². The molecule has 0 aliphatic carbocycles. The Morgan fingerprint density at radius 1 is 0.345 bits per heavy atom. The number of hydrogen-bond donors (Lipinski definition) is 0. The molecule has 0 bridgehead atoms. The maximum absolute atomic E-state index is 7.07. The molecule has 274 valence electrons. The molecule has 2 aliphatic rings. The van der Waals surface area contributed by atoms with Gasteiger partial charge in [-0.25, -0.2) is 0 Å². The van der Waals surface area contributed by atoms with E-state index in [9.17, 15) is 0 Å². The Morgan fingerprint density at radius 2 is 0.793 bits per heavy atom. The van der Waals surface area contributed by atoms with Crippen molar-refractivity contribution in [1.82, 2.24) is 0 Å². The van der Waals surface area contributed by atoms with Gasteiger partial charge in [0.2, 0.25) is 0 Å². The predicted molar refractivity (Wildman–Crippen MR) is 251 cm³/mol. The Balaban J connectivity index is 1.13. The van der Waals surface area contributed by atoms with Crippen molar-refractivity contribution < 1.29 is 8.83 Å². The molecule has 0 radical (unpaired) electrons. The number of benzene rings is 9. The van der Waals surface area contributed by atoms with Crippen molar-refractivity contribution in [2.75, 3.05) is 0 Å². The van der Waals surface area contributed by atoms with Gasteiger partial charge >= 0.3 is 0 Å². The van der Waals surface area contributed by atoms with Gasteiger partial charge in [0.15, 0.2) is 0 Å². The van der Waals surface area contributed by atoms with Gasteiger partial charge in [0, 0.05) is 32.7 Å². The molecule has 4 heterocycles. The highest BCUT2D eigenvalue weighted by atomic mass is 28.3. The van der Waals surface area contributed by atoms with Crippen LogP contribution in [0.3, 0.4) is 0 Å². The Hall–Kier alpha value is -6.47. The van der Waals surface area contributed by atoms with E-state index in [1.165, 1.54) is 98.0 Å². The minimum atomic E-state index is -2.33. The average molecular weight is 775 g/mol. The number of hydrogen-bond acceptors (Lipinski definition) is 2. The van der Waals surface area contributed by atoms with Crippen LogP contribution in [0.15, 0.2) is 167 Å². The molecule has 0 saturated carbocycles. The van der Waals surface area contributed by atoms with Crippen LogP contribution in [-0.2, 0) is 0 Å². The second-order valence-electron chi connectivity index (χ2n) is 17.5. The van der Waals surface area contributed by atoms with Crippen LogP contribution in [0.25, 0.3) is 110 Å². The molecule has 0 N–H and O–H groups in total. The van der Waals surface area contributed by atoms with Crippen molar-refractivity contribution in [3.05, 3.63) is 158 Å². The molecule has 58 heavy (non-hydrogen) atoms. The lowest BCUT2D eigenvalue weighted by Crippen LogP contribution is -2.63. The molecule has 2 nitrogen and oxygen atoms in total. The van der Waals surface area contributed by atoms with Gasteiger partial charge in [-0.3, -0.25) is 0 Å². The Labute approximate surface area is 338 Å². The maximum atomic E-state index is 7.07. The van der Waals surface area contributed by atoms with E-state index >= 15 is 0 Å². The fourth-order valence-corrected chi connectivity index (χ4v) is 19.7. The average Bonchev–Trinajstić information content (AvgIpc) is 3.95. The molecule has 0 spiro atoms. The summed E-state index contributed by atoms with van der Waals surface area (Å²) in [4.78, 5) is 0. The lowest BCUT2D eigenvalue weighted by Gasteiger charge is -2.28. The van der Waals surface area contributed by atoms with E-state index in [0.29, 0.717) is 0 Å². The summed E-state index contributed by atoms with van der Waals surface area (Å²) in [5.41, 5.74) is 14.3. The van der Waals surface area contributed by atoms with Crippen LogP contribution in [0.5, 0.6) is 0 Å². The highest BCUT2D eigenvalue weighted by molar-refractivity contribution is 7.13. The van der Waals surface area contributed by atoms with Crippen LogP contribution < -0.4 is 20.7 Å². The highest BCUT2D eigenvalue weighted by Gasteiger charge is 2.50. The molecular formula is C54H38O2Si2. The molecule has 4 heteroatoms. The third-order valence-corrected chi connectivity index (χ3v) is 21.1. The van der Waals surface area contributed by atoms with Gasteiger partial charge in [-0.1, -0.05) is 172 Å². The van der Waals surface area contributed by atoms with E-state index in [2.05, 4.69) is 184 Å². The second-order valence-corrected chi connectivity index (χ2v) is 26.1. The standard InChI is InChI=1S/C54H38O2Si2/c1-57(2)45-30-42(36-24-14-18-32-16-6-8-20-34(32)36)51-50(38-22-10-12-26-44(38)55-51)48(45)39-27-28-40-49-46(58(3,4)54(40)53(39)57)29-41(35-23-13-17-31-15-5-7-19-33(31)35)47-37-21-9-11-25-43(37)56-52(47)49/h5-30H,1-4H3. The van der Waals surface area contributed by atoms with Crippen molar-refractivity contribution in [2.45, 2.75) is 26.2 Å². The zero-order valence-corrected chi connectivity index (χ0v) is 34.8. The monoisotopic (exact) mass is 774 g/mol. The topological polar surface area (TPSA) is 26.3 Å². The first kappa shape index (κ1) is 32.6. The molecule has 0 fully saturated rings. The Morgan fingerprint density at radius 3 is 1.41 bits per heavy atom. The molecule has 13 rings (SSSR count).